The SMILES string of the molecule is O=C(O)CN(CC(=O)O)CC(O)C(O)C(O)C(O)CO.[Na].[Na]. The van der Waals surface area contributed by atoms with E-state index >= 15 is 0 Å². The average molecular weight is 343 g/mol. The molecule has 0 saturated carbocycles. The van der Waals surface area contributed by atoms with Gasteiger partial charge in [-0.15, -0.1) is 0 Å². The summed E-state index contributed by atoms with van der Waals surface area (Å²) in [5.74, 6) is -2.66. The van der Waals surface area contributed by atoms with E-state index in [1.54, 1.807) is 0 Å². The summed E-state index contributed by atoms with van der Waals surface area (Å²) in [5.41, 5.74) is 0. The van der Waals surface area contributed by atoms with Gasteiger partial charge in [0.1, 0.15) is 18.3 Å². The number of nitrogens with zero attached hydrogens (tertiary/aromatic N) is 1. The molecule has 0 aromatic carbocycles. The molecule has 0 saturated heterocycles. The van der Waals surface area contributed by atoms with Crippen molar-refractivity contribution < 1.29 is 45.3 Å². The number of aliphatic hydroxyl groups excluding tert-OH is 5. The quantitative estimate of drug-likeness (QED) is 0.190. The molecular formula is C10H19NNa2O9. The Morgan fingerprint density at radius 3 is 1.50 bits per heavy atom. The first-order valence-electron chi connectivity index (χ1n) is 5.68. The molecule has 0 spiro atoms. The number of aliphatic hydroxyl groups is 5. The number of hydrogen-bond donors (Lipinski definition) is 7. The van der Waals surface area contributed by atoms with E-state index in [1.807, 2.05) is 0 Å². The molecule has 4 unspecified atom stereocenters. The molecular weight excluding hydrogens is 324 g/mol. The molecule has 0 rings (SSSR count). The van der Waals surface area contributed by atoms with Crippen molar-refractivity contribution in [3.05, 3.63) is 0 Å². The van der Waals surface area contributed by atoms with Gasteiger partial charge >= 0.3 is 11.9 Å². The van der Waals surface area contributed by atoms with E-state index in [1.165, 1.54) is 0 Å². The van der Waals surface area contributed by atoms with E-state index in [2.05, 4.69) is 0 Å². The Morgan fingerprint density at radius 2 is 1.18 bits per heavy atom. The van der Waals surface area contributed by atoms with E-state index in [0.29, 0.717) is 0 Å². The minimum atomic E-state index is -1.87. The molecule has 0 aliphatic rings. The third-order valence-corrected chi connectivity index (χ3v) is 2.49. The van der Waals surface area contributed by atoms with Crippen molar-refractivity contribution in [3.8, 4) is 0 Å². The molecule has 0 amide bonds. The number of hydrogen-bond acceptors (Lipinski definition) is 8. The van der Waals surface area contributed by atoms with Crippen LogP contribution in [-0.4, -0.2) is 162 Å². The number of carboxylic acid groups (broad SMARTS) is 2. The Bertz CT molecular complexity index is 318. The summed E-state index contributed by atoms with van der Waals surface area (Å²) in [4.78, 5) is 21.9. The molecule has 0 aromatic heterocycles. The van der Waals surface area contributed by atoms with Crippen molar-refractivity contribution in [2.24, 2.45) is 0 Å². The van der Waals surface area contributed by atoms with Crippen molar-refractivity contribution in [2.75, 3.05) is 26.2 Å². The zero-order valence-electron chi connectivity index (χ0n) is 12.5. The van der Waals surface area contributed by atoms with Crippen LogP contribution in [0.4, 0.5) is 0 Å². The molecule has 2 radical (unpaired) electrons. The standard InChI is InChI=1S/C10H19NO9.2Na/c12-4-6(14)10(20)9(19)5(13)1-11(2-7(15)16)3-8(17)18;;/h5-6,9-10,12-14,19-20H,1-4H2,(H,15,16)(H,17,18);;. The van der Waals surface area contributed by atoms with Crippen LogP contribution in [0.3, 0.4) is 0 Å². The van der Waals surface area contributed by atoms with Gasteiger partial charge in [-0.25, -0.2) is 0 Å². The normalized spacial score (nSPS) is 15.9. The maximum absolute atomic E-state index is 10.5. The van der Waals surface area contributed by atoms with Crippen molar-refractivity contribution in [1.29, 1.82) is 0 Å². The molecule has 120 valence electrons. The topological polar surface area (TPSA) is 179 Å². The largest absolute Gasteiger partial charge is 0.480 e. The molecule has 10 nitrogen and oxygen atoms in total. The summed E-state index contributed by atoms with van der Waals surface area (Å²) in [6.07, 6.45) is -7.12. The Morgan fingerprint density at radius 1 is 0.818 bits per heavy atom. The molecule has 0 bridgehead atoms. The molecule has 12 heteroatoms. The van der Waals surface area contributed by atoms with E-state index in [-0.39, 0.29) is 59.1 Å². The second-order valence-electron chi connectivity index (χ2n) is 4.26. The van der Waals surface area contributed by atoms with Gasteiger partial charge in [0.05, 0.1) is 25.8 Å². The van der Waals surface area contributed by atoms with Gasteiger partial charge in [0.15, 0.2) is 0 Å². The van der Waals surface area contributed by atoms with Gasteiger partial charge < -0.3 is 35.7 Å². The van der Waals surface area contributed by atoms with Gasteiger partial charge in [0.2, 0.25) is 0 Å². The number of carbonyl (C=O) groups is 2. The molecule has 4 atom stereocenters. The fourth-order valence-corrected chi connectivity index (χ4v) is 1.50. The summed E-state index contributed by atoms with van der Waals surface area (Å²) in [5, 5.41) is 63.3. The number of rotatable bonds is 10. The third kappa shape index (κ3) is 11.3. The number of aliphatic carboxylic acids is 2. The zero-order chi connectivity index (χ0) is 15.9. The van der Waals surface area contributed by atoms with Gasteiger partial charge in [-0.2, -0.15) is 0 Å². The predicted octanol–water partition coefficient (Wildman–Crippen LogP) is -4.87. The minimum Gasteiger partial charge on any atom is -0.480 e. The van der Waals surface area contributed by atoms with E-state index in [4.69, 9.17) is 20.4 Å². The second kappa shape index (κ2) is 14.1. The summed E-state index contributed by atoms with van der Waals surface area (Å²) in [7, 11) is 0. The fourth-order valence-electron chi connectivity index (χ4n) is 1.50. The van der Waals surface area contributed by atoms with Gasteiger partial charge in [0, 0.05) is 65.7 Å². The summed E-state index contributed by atoms with van der Waals surface area (Å²) < 4.78 is 0. The van der Waals surface area contributed by atoms with Crippen LogP contribution in [0.2, 0.25) is 0 Å². The monoisotopic (exact) mass is 343 g/mol. The van der Waals surface area contributed by atoms with Gasteiger partial charge in [-0.05, 0) is 0 Å². The van der Waals surface area contributed by atoms with Crippen LogP contribution in [0.25, 0.3) is 0 Å². The van der Waals surface area contributed by atoms with Crippen LogP contribution in [0.5, 0.6) is 0 Å². The molecule has 7 N–H and O–H groups in total. The maximum atomic E-state index is 10.5. The first kappa shape index (κ1) is 27.5. The van der Waals surface area contributed by atoms with E-state index < -0.39 is 62.6 Å². The second-order valence-corrected chi connectivity index (χ2v) is 4.26. The Hall–Kier alpha value is 0.700. The summed E-state index contributed by atoms with van der Waals surface area (Å²) in [6, 6.07) is 0. The average Bonchev–Trinajstić information content (AvgIpc) is 2.34. The zero-order valence-corrected chi connectivity index (χ0v) is 16.5. The van der Waals surface area contributed by atoms with Gasteiger partial charge in [0.25, 0.3) is 0 Å². The van der Waals surface area contributed by atoms with Crippen LogP contribution >= 0.6 is 0 Å². The van der Waals surface area contributed by atoms with E-state index in [0.717, 1.165) is 4.90 Å². The van der Waals surface area contributed by atoms with Crippen LogP contribution in [0.15, 0.2) is 0 Å². The van der Waals surface area contributed by atoms with Crippen molar-refractivity contribution in [1.82, 2.24) is 4.90 Å². The molecule has 0 heterocycles. The Kier molecular flexibility index (Phi) is 17.6. The predicted molar refractivity (Wildman–Crippen MR) is 74.3 cm³/mol. The van der Waals surface area contributed by atoms with Gasteiger partial charge in [-0.3, -0.25) is 14.5 Å². The molecule has 0 aliphatic carbocycles. The Labute approximate surface area is 170 Å². The minimum absolute atomic E-state index is 0. The fraction of sp³-hybridized carbons (Fsp3) is 0.800. The third-order valence-electron chi connectivity index (χ3n) is 2.49. The first-order chi connectivity index (χ1) is 9.18. The first-order valence-corrected chi connectivity index (χ1v) is 5.68. The summed E-state index contributed by atoms with van der Waals surface area (Å²) in [6.45, 7) is -2.77. The molecule has 0 aromatic rings. The number of carboxylic acids is 2. The summed E-state index contributed by atoms with van der Waals surface area (Å²) >= 11 is 0. The molecule has 0 aliphatic heterocycles. The Balaban J connectivity index is -0.00000180. The molecule has 22 heavy (non-hydrogen) atoms. The van der Waals surface area contributed by atoms with Crippen LogP contribution in [-0.2, 0) is 9.59 Å². The maximum Gasteiger partial charge on any atom is 0.317 e. The van der Waals surface area contributed by atoms with Crippen molar-refractivity contribution >= 4 is 71.1 Å². The van der Waals surface area contributed by atoms with Crippen LogP contribution < -0.4 is 0 Å². The van der Waals surface area contributed by atoms with Crippen LogP contribution in [0.1, 0.15) is 0 Å². The van der Waals surface area contributed by atoms with Crippen molar-refractivity contribution in [3.63, 3.8) is 0 Å². The smallest absolute Gasteiger partial charge is 0.317 e. The van der Waals surface area contributed by atoms with E-state index in [9.17, 15) is 24.9 Å². The van der Waals surface area contributed by atoms with Crippen LogP contribution in [0, 0.1) is 0 Å². The molecule has 0 fully saturated rings. The van der Waals surface area contributed by atoms with Crippen molar-refractivity contribution in [2.45, 2.75) is 24.4 Å². The van der Waals surface area contributed by atoms with Gasteiger partial charge in [-0.1, -0.05) is 0 Å².